The highest BCUT2D eigenvalue weighted by atomic mass is 35.5. The van der Waals surface area contributed by atoms with Crippen LogP contribution in [0.1, 0.15) is 35.0 Å². The van der Waals surface area contributed by atoms with Gasteiger partial charge in [-0.15, -0.1) is 22.7 Å². The number of hydrogen-bond donors (Lipinski definition) is 4. The van der Waals surface area contributed by atoms with Crippen molar-refractivity contribution in [3.8, 4) is 0 Å². The molecule has 0 aliphatic carbocycles. The second kappa shape index (κ2) is 12.9. The third kappa shape index (κ3) is 7.73. The number of alkyl halides is 3. The average molecular weight is 658 g/mol. The van der Waals surface area contributed by atoms with Crippen LogP contribution in [-0.4, -0.2) is 48.9 Å². The Morgan fingerprint density at radius 3 is 2.42 bits per heavy atom. The first-order chi connectivity index (χ1) is 18.6. The van der Waals surface area contributed by atoms with Crippen molar-refractivity contribution in [3.05, 3.63) is 67.1 Å². The number of nitrogens with two attached hydrogens (primary N) is 1. The van der Waals surface area contributed by atoms with E-state index >= 15 is 0 Å². The van der Waals surface area contributed by atoms with Crippen LogP contribution in [0.3, 0.4) is 0 Å². The van der Waals surface area contributed by atoms with E-state index in [0.717, 1.165) is 28.9 Å². The molecule has 1 amide bonds. The number of nitrogens with one attached hydrogen (secondary N) is 2. The summed E-state index contributed by atoms with van der Waals surface area (Å²) < 4.78 is 58.1. The number of carbonyl (C=O) groups excluding carboxylic acids is 1. The molecule has 0 spiro atoms. The number of halogens is 5. The summed E-state index contributed by atoms with van der Waals surface area (Å²) in [5.74, 6) is -2.73. The van der Waals surface area contributed by atoms with Crippen LogP contribution in [0.4, 0.5) is 13.2 Å². The molecule has 1 saturated heterocycles. The summed E-state index contributed by atoms with van der Waals surface area (Å²) in [5.41, 5.74) is 7.19. The first-order valence-electron chi connectivity index (χ1n) is 11.2. The van der Waals surface area contributed by atoms with Crippen LogP contribution in [0.15, 0.2) is 50.9 Å². The number of thiophene rings is 2. The Hall–Kier alpha value is -2.69. The monoisotopic (exact) mass is 656 g/mol. The largest absolute Gasteiger partial charge is 0.490 e. The Labute approximate surface area is 244 Å². The van der Waals surface area contributed by atoms with E-state index < -0.39 is 28.1 Å². The van der Waals surface area contributed by atoms with Gasteiger partial charge in [-0.05, 0) is 41.6 Å². The third-order valence-electron chi connectivity index (χ3n) is 5.46. The molecule has 216 valence electrons. The van der Waals surface area contributed by atoms with Gasteiger partial charge in [0, 0.05) is 25.1 Å². The highest BCUT2D eigenvalue weighted by Gasteiger charge is 2.38. The summed E-state index contributed by atoms with van der Waals surface area (Å²) in [5, 5.41) is 20.2. The molecule has 1 aliphatic heterocycles. The van der Waals surface area contributed by atoms with E-state index in [1.807, 2.05) is 11.4 Å². The molecule has 0 radical (unpaired) electrons. The van der Waals surface area contributed by atoms with Gasteiger partial charge in [0.15, 0.2) is 0 Å². The van der Waals surface area contributed by atoms with Crippen molar-refractivity contribution in [2.24, 2.45) is 5.73 Å². The molecule has 4 rings (SSSR count). The number of likely N-dealkylation sites (tertiary alicyclic amines) is 1. The quantitative estimate of drug-likeness (QED) is 0.190. The maximum Gasteiger partial charge on any atom is 0.490 e. The highest BCUT2D eigenvalue weighted by molar-refractivity contribution is 7.93. The van der Waals surface area contributed by atoms with E-state index in [2.05, 4.69) is 5.32 Å². The van der Waals surface area contributed by atoms with Crippen molar-refractivity contribution in [1.82, 2.24) is 10.2 Å². The minimum atomic E-state index is -5.08. The highest BCUT2D eigenvalue weighted by Crippen LogP contribution is 2.37. The predicted molar refractivity (Wildman–Crippen MR) is 146 cm³/mol. The molecule has 2 aromatic heterocycles. The van der Waals surface area contributed by atoms with Gasteiger partial charge in [-0.3, -0.25) is 15.5 Å². The molecular weight excluding hydrogens is 636 g/mol. The minimum Gasteiger partial charge on any atom is -0.475 e. The lowest BCUT2D eigenvalue weighted by Gasteiger charge is -2.28. The molecule has 9 nitrogen and oxygen atoms in total. The van der Waals surface area contributed by atoms with Gasteiger partial charge in [0.05, 0.1) is 14.8 Å². The minimum absolute atomic E-state index is 0.0237. The smallest absolute Gasteiger partial charge is 0.475 e. The van der Waals surface area contributed by atoms with Crippen LogP contribution in [-0.2, 0) is 26.0 Å². The van der Waals surface area contributed by atoms with Gasteiger partial charge in [0.1, 0.15) is 20.5 Å². The normalized spacial score (nSPS) is 14.5. The summed E-state index contributed by atoms with van der Waals surface area (Å²) in [6.07, 6.45) is -4.22. The Kier molecular flexibility index (Phi) is 10.2. The zero-order valence-electron chi connectivity index (χ0n) is 20.2. The van der Waals surface area contributed by atoms with Crippen molar-refractivity contribution in [1.29, 1.82) is 5.41 Å². The van der Waals surface area contributed by atoms with Gasteiger partial charge >= 0.3 is 12.1 Å². The van der Waals surface area contributed by atoms with Crippen LogP contribution in [0.2, 0.25) is 9.36 Å². The second-order valence-corrected chi connectivity index (χ2v) is 13.4. The first-order valence-corrected chi connectivity index (χ1v) is 15.1. The standard InChI is InChI=1S/C21H20Cl2N4O3S3.C2HF3O2/c22-15-9-18(32-19(15)23)33(29,30)14-4-1-3-12(7-14)10-26-21(27-6-2-5-17(27)28)13-8-16(20(24)25)31-11-13;3-2(4,5)1(6)7/h1,3-4,7-9,11,21,26H,2,5-6,10H2,(H3,24,25);(H,6,7). The van der Waals surface area contributed by atoms with E-state index in [4.69, 9.17) is 44.2 Å². The number of carboxylic acid groups (broad SMARTS) is 1. The van der Waals surface area contributed by atoms with E-state index in [0.29, 0.717) is 24.4 Å². The number of rotatable bonds is 8. The molecule has 1 unspecified atom stereocenters. The first kappa shape index (κ1) is 31.8. The van der Waals surface area contributed by atoms with Gasteiger partial charge in [0.2, 0.25) is 15.7 Å². The van der Waals surface area contributed by atoms with Crippen molar-refractivity contribution < 1.29 is 36.3 Å². The molecule has 40 heavy (non-hydrogen) atoms. The Morgan fingerprint density at radius 1 is 1.25 bits per heavy atom. The Balaban J connectivity index is 0.000000559. The maximum absolute atomic E-state index is 13.0. The molecule has 0 saturated carbocycles. The van der Waals surface area contributed by atoms with Crippen LogP contribution >= 0.6 is 45.9 Å². The fraction of sp³-hybridized carbons (Fsp3) is 0.261. The molecule has 17 heteroatoms. The number of benzene rings is 1. The summed E-state index contributed by atoms with van der Waals surface area (Å²) in [6.45, 7) is 0.949. The topological polar surface area (TPSA) is 154 Å². The van der Waals surface area contributed by atoms with Crippen LogP contribution in [0.5, 0.6) is 0 Å². The van der Waals surface area contributed by atoms with E-state index in [1.165, 1.54) is 23.5 Å². The number of aliphatic carboxylic acids is 1. The number of sulfone groups is 1. The molecule has 1 fully saturated rings. The van der Waals surface area contributed by atoms with E-state index in [-0.39, 0.29) is 30.2 Å². The molecule has 5 N–H and O–H groups in total. The SMILES string of the molecule is N=C(N)c1cc(C(NCc2cccc(S(=O)(=O)c3cc(Cl)c(Cl)s3)c2)N2CCCC2=O)cs1.O=C(O)C(F)(F)F. The summed E-state index contributed by atoms with van der Waals surface area (Å²) in [7, 11) is -3.76. The number of amidine groups is 1. The van der Waals surface area contributed by atoms with Crippen molar-refractivity contribution in [2.45, 2.75) is 40.8 Å². The third-order valence-corrected chi connectivity index (χ3v) is 10.5. The molecule has 1 atom stereocenters. The van der Waals surface area contributed by atoms with Gasteiger partial charge in [0.25, 0.3) is 0 Å². The number of amides is 1. The van der Waals surface area contributed by atoms with Crippen LogP contribution < -0.4 is 11.1 Å². The zero-order chi connectivity index (χ0) is 29.8. The van der Waals surface area contributed by atoms with Crippen molar-refractivity contribution in [3.63, 3.8) is 0 Å². The van der Waals surface area contributed by atoms with E-state index in [1.54, 1.807) is 23.1 Å². The average Bonchev–Trinajstić information content (AvgIpc) is 3.61. The number of carboxylic acids is 1. The van der Waals surface area contributed by atoms with Gasteiger partial charge in [-0.25, -0.2) is 13.2 Å². The lowest BCUT2D eigenvalue weighted by atomic mass is 10.2. The van der Waals surface area contributed by atoms with E-state index in [9.17, 15) is 26.4 Å². The van der Waals surface area contributed by atoms with Gasteiger partial charge < -0.3 is 15.7 Å². The summed E-state index contributed by atoms with van der Waals surface area (Å²) >= 11 is 14.2. The molecule has 3 heterocycles. The maximum atomic E-state index is 13.0. The fourth-order valence-corrected chi connectivity index (χ4v) is 7.74. The van der Waals surface area contributed by atoms with Crippen LogP contribution in [0, 0.1) is 5.41 Å². The summed E-state index contributed by atoms with van der Waals surface area (Å²) in [4.78, 5) is 23.9. The number of nitrogens with zero attached hydrogens (tertiary/aromatic N) is 1. The predicted octanol–water partition coefficient (Wildman–Crippen LogP) is 5.28. The zero-order valence-corrected chi connectivity index (χ0v) is 24.1. The molecular formula is C23H21Cl2F3N4O5S3. The molecule has 3 aromatic rings. The van der Waals surface area contributed by atoms with Crippen LogP contribution in [0.25, 0.3) is 0 Å². The lowest BCUT2D eigenvalue weighted by molar-refractivity contribution is -0.192. The lowest BCUT2D eigenvalue weighted by Crippen LogP contribution is -2.38. The van der Waals surface area contributed by atoms with Gasteiger partial charge in [-0.1, -0.05) is 35.3 Å². The van der Waals surface area contributed by atoms with Crippen molar-refractivity contribution >= 4 is 73.4 Å². The Morgan fingerprint density at radius 2 is 1.93 bits per heavy atom. The fourth-order valence-electron chi connectivity index (χ4n) is 3.60. The molecule has 1 aliphatic rings. The Bertz CT molecular complexity index is 1510. The number of carbonyl (C=O) groups is 2. The van der Waals surface area contributed by atoms with Crippen molar-refractivity contribution in [2.75, 3.05) is 6.54 Å². The van der Waals surface area contributed by atoms with Gasteiger partial charge in [-0.2, -0.15) is 13.2 Å². The number of hydrogen-bond acceptors (Lipinski definition) is 8. The molecule has 1 aromatic carbocycles. The number of nitrogen functional groups attached to an aromatic ring is 1. The summed E-state index contributed by atoms with van der Waals surface area (Å²) in [6, 6.07) is 9.78. The second-order valence-electron chi connectivity index (χ2n) is 8.27. The molecule has 0 bridgehead atoms.